The molecule has 1 saturated heterocycles. The summed E-state index contributed by atoms with van der Waals surface area (Å²) in [7, 11) is 1.33. The van der Waals surface area contributed by atoms with Crippen LogP contribution in [0.3, 0.4) is 0 Å². The molecule has 0 amide bonds. The number of aliphatic imine (C=N–C) groups is 1. The molecule has 2 aromatic rings. The summed E-state index contributed by atoms with van der Waals surface area (Å²) in [4.78, 5) is 19.6. The zero-order chi connectivity index (χ0) is 21.1. The molecule has 2 aliphatic rings. The maximum absolute atomic E-state index is 12.2. The first-order valence-electron chi connectivity index (χ1n) is 9.79. The molecule has 1 N–H and O–H groups in total. The molecular formula is C21H23N3O4S2. The average Bonchev–Trinajstić information content (AvgIpc) is 3.26. The van der Waals surface area contributed by atoms with Crippen LogP contribution in [0.25, 0.3) is 11.6 Å². The van der Waals surface area contributed by atoms with E-state index in [1.807, 2.05) is 24.3 Å². The third-order valence-electron chi connectivity index (χ3n) is 5.19. The summed E-state index contributed by atoms with van der Waals surface area (Å²) in [6.45, 7) is 4.99. The Morgan fingerprint density at radius 2 is 2.10 bits per heavy atom. The summed E-state index contributed by atoms with van der Waals surface area (Å²) in [5.74, 6) is -0.390. The summed E-state index contributed by atoms with van der Waals surface area (Å²) in [6.07, 6.45) is 2.65. The number of ether oxygens (including phenoxy) is 2. The van der Waals surface area contributed by atoms with Gasteiger partial charge in [0, 0.05) is 37.3 Å². The molecule has 1 aromatic carbocycles. The van der Waals surface area contributed by atoms with Gasteiger partial charge in [0.05, 0.1) is 30.9 Å². The predicted octanol–water partition coefficient (Wildman–Crippen LogP) is 3.51. The molecule has 0 saturated carbocycles. The second-order valence-electron chi connectivity index (χ2n) is 7.04. The van der Waals surface area contributed by atoms with Crippen molar-refractivity contribution in [3.8, 4) is 5.88 Å². The fraction of sp³-hybridized carbons (Fsp3) is 0.381. The minimum Gasteiger partial charge on any atom is -0.493 e. The molecule has 158 valence electrons. The van der Waals surface area contributed by atoms with Crippen LogP contribution in [-0.4, -0.2) is 66.2 Å². The Morgan fingerprint density at radius 3 is 2.87 bits per heavy atom. The van der Waals surface area contributed by atoms with Gasteiger partial charge in [-0.3, -0.25) is 9.47 Å². The maximum Gasteiger partial charge on any atom is 0.357 e. The minimum absolute atomic E-state index is 0.119. The van der Waals surface area contributed by atoms with E-state index in [2.05, 4.69) is 9.89 Å². The van der Waals surface area contributed by atoms with Gasteiger partial charge < -0.3 is 14.6 Å². The van der Waals surface area contributed by atoms with Crippen LogP contribution in [0, 0.1) is 3.95 Å². The first-order valence-corrected chi connectivity index (χ1v) is 11.0. The highest BCUT2D eigenvalue weighted by Crippen LogP contribution is 2.38. The second kappa shape index (κ2) is 9.22. The largest absolute Gasteiger partial charge is 0.493 e. The lowest BCUT2D eigenvalue weighted by atomic mass is 10.0. The van der Waals surface area contributed by atoms with E-state index < -0.39 is 5.97 Å². The van der Waals surface area contributed by atoms with Gasteiger partial charge in [0.2, 0.25) is 5.88 Å². The van der Waals surface area contributed by atoms with Gasteiger partial charge in [-0.1, -0.05) is 18.2 Å². The number of carbonyl (C=O) groups is 1. The van der Waals surface area contributed by atoms with Crippen LogP contribution in [0.5, 0.6) is 5.88 Å². The zero-order valence-corrected chi connectivity index (χ0v) is 18.3. The first kappa shape index (κ1) is 20.9. The minimum atomic E-state index is -0.509. The molecule has 0 atom stereocenters. The quantitative estimate of drug-likeness (QED) is 0.542. The lowest BCUT2D eigenvalue weighted by molar-refractivity contribution is -0.132. The summed E-state index contributed by atoms with van der Waals surface area (Å²) in [5.41, 5.74) is 2.40. The van der Waals surface area contributed by atoms with Crippen LogP contribution in [0.4, 0.5) is 5.69 Å². The number of methoxy groups -OCH3 is 1. The van der Waals surface area contributed by atoms with Gasteiger partial charge in [-0.05, 0) is 30.8 Å². The van der Waals surface area contributed by atoms with E-state index in [0.29, 0.717) is 26.6 Å². The van der Waals surface area contributed by atoms with Crippen LogP contribution in [0.1, 0.15) is 16.9 Å². The van der Waals surface area contributed by atoms with Gasteiger partial charge >= 0.3 is 5.97 Å². The van der Waals surface area contributed by atoms with E-state index in [1.54, 1.807) is 10.6 Å². The normalized spacial score (nSPS) is 17.8. The highest BCUT2D eigenvalue weighted by molar-refractivity contribution is 7.73. The standard InChI is InChI=1S/C21H23N3O4S2/c1-27-20(26)18-15(14-5-2-3-6-16(14)22-18)13-17-19(25)24(21(29)30-17)8-4-7-23-9-11-28-12-10-23/h2-3,5-6,13,25H,4,7-12H2,1H3. The number of fused-ring (bicyclic) bond motifs is 1. The highest BCUT2D eigenvalue weighted by Gasteiger charge is 2.27. The average molecular weight is 446 g/mol. The Labute approximate surface area is 183 Å². The topological polar surface area (TPSA) is 76.3 Å². The van der Waals surface area contributed by atoms with Gasteiger partial charge in [-0.2, -0.15) is 0 Å². The lowest BCUT2D eigenvalue weighted by Crippen LogP contribution is -2.37. The van der Waals surface area contributed by atoms with E-state index >= 15 is 0 Å². The molecule has 1 fully saturated rings. The predicted molar refractivity (Wildman–Crippen MR) is 120 cm³/mol. The van der Waals surface area contributed by atoms with Crippen molar-refractivity contribution in [2.24, 2.45) is 4.99 Å². The summed E-state index contributed by atoms with van der Waals surface area (Å²) < 4.78 is 12.6. The molecule has 7 nitrogen and oxygen atoms in total. The zero-order valence-electron chi connectivity index (χ0n) is 16.7. The Balaban J connectivity index is 1.57. The number of morpholine rings is 1. The molecule has 4 rings (SSSR count). The Bertz CT molecular complexity index is 1060. The molecule has 1 aromatic heterocycles. The van der Waals surface area contributed by atoms with Crippen molar-refractivity contribution in [3.63, 3.8) is 0 Å². The van der Waals surface area contributed by atoms with Crippen molar-refractivity contribution in [2.45, 2.75) is 13.0 Å². The van der Waals surface area contributed by atoms with Crippen LogP contribution in [0.15, 0.2) is 29.3 Å². The number of esters is 1. The molecule has 3 heterocycles. The molecule has 0 aliphatic carbocycles. The Hall–Kier alpha value is -2.33. The lowest BCUT2D eigenvalue weighted by Gasteiger charge is -2.26. The van der Waals surface area contributed by atoms with E-state index in [0.717, 1.165) is 44.8 Å². The van der Waals surface area contributed by atoms with Crippen molar-refractivity contribution in [3.05, 3.63) is 38.7 Å². The number of hydrogen-bond acceptors (Lipinski definition) is 8. The number of para-hydroxylation sites is 1. The van der Waals surface area contributed by atoms with Crippen molar-refractivity contribution in [1.82, 2.24) is 9.47 Å². The fourth-order valence-corrected chi connectivity index (χ4v) is 4.92. The molecular weight excluding hydrogens is 422 g/mol. The SMILES string of the molecule is COC(=O)C1=Nc2ccccc2C1=Cc1sc(=S)n(CCCN2CCOCC2)c1O. The second-order valence-corrected chi connectivity index (χ2v) is 8.72. The van der Waals surface area contributed by atoms with Gasteiger partial charge in [-0.25, -0.2) is 9.79 Å². The number of hydrogen-bond donors (Lipinski definition) is 1. The molecule has 30 heavy (non-hydrogen) atoms. The van der Waals surface area contributed by atoms with Crippen LogP contribution < -0.4 is 0 Å². The van der Waals surface area contributed by atoms with Crippen LogP contribution in [-0.2, 0) is 20.8 Å². The van der Waals surface area contributed by atoms with Gasteiger partial charge in [-0.15, -0.1) is 11.3 Å². The fourth-order valence-electron chi connectivity index (χ4n) is 3.62. The highest BCUT2D eigenvalue weighted by atomic mass is 32.1. The number of nitrogens with zero attached hydrogens (tertiary/aromatic N) is 3. The number of benzene rings is 1. The Morgan fingerprint density at radius 1 is 1.33 bits per heavy atom. The van der Waals surface area contributed by atoms with Crippen molar-refractivity contribution >= 4 is 52.6 Å². The number of carbonyl (C=O) groups excluding carboxylic acids is 1. The monoisotopic (exact) mass is 445 g/mol. The van der Waals surface area contributed by atoms with E-state index in [9.17, 15) is 9.90 Å². The molecule has 0 radical (unpaired) electrons. The van der Waals surface area contributed by atoms with E-state index in [4.69, 9.17) is 21.7 Å². The van der Waals surface area contributed by atoms with Crippen molar-refractivity contribution < 1.29 is 19.4 Å². The summed E-state index contributed by atoms with van der Waals surface area (Å²) in [6, 6.07) is 7.50. The van der Waals surface area contributed by atoms with E-state index in [1.165, 1.54) is 18.4 Å². The third kappa shape index (κ3) is 4.24. The van der Waals surface area contributed by atoms with E-state index in [-0.39, 0.29) is 11.6 Å². The molecule has 2 aliphatic heterocycles. The molecule has 0 unspecified atom stereocenters. The van der Waals surface area contributed by atoms with Crippen molar-refractivity contribution in [2.75, 3.05) is 40.0 Å². The number of aromatic hydroxyl groups is 1. The first-order chi connectivity index (χ1) is 14.6. The van der Waals surface area contributed by atoms with Gasteiger partial charge in [0.25, 0.3) is 0 Å². The number of thiazole rings is 1. The van der Waals surface area contributed by atoms with Crippen molar-refractivity contribution in [1.29, 1.82) is 0 Å². The molecule has 0 bridgehead atoms. The summed E-state index contributed by atoms with van der Waals surface area (Å²) in [5, 5.41) is 10.8. The Kier molecular flexibility index (Phi) is 6.43. The van der Waals surface area contributed by atoms with Crippen LogP contribution in [0.2, 0.25) is 0 Å². The molecule has 9 heteroatoms. The summed E-state index contributed by atoms with van der Waals surface area (Å²) >= 11 is 6.81. The van der Waals surface area contributed by atoms with Crippen LogP contribution >= 0.6 is 23.6 Å². The van der Waals surface area contributed by atoms with Gasteiger partial charge in [0.15, 0.2) is 9.67 Å². The third-order valence-corrected chi connectivity index (χ3v) is 6.57. The number of aromatic nitrogens is 1. The maximum atomic E-state index is 12.2. The smallest absolute Gasteiger partial charge is 0.357 e. The number of rotatable bonds is 6. The molecule has 0 spiro atoms. The van der Waals surface area contributed by atoms with Gasteiger partial charge in [0.1, 0.15) is 0 Å².